The van der Waals surface area contributed by atoms with Crippen LogP contribution in [0.15, 0.2) is 18.2 Å². The van der Waals surface area contributed by atoms with Crippen molar-refractivity contribution in [3.8, 4) is 0 Å². The molecule has 0 amide bonds. The molecule has 0 aliphatic carbocycles. The van der Waals surface area contributed by atoms with E-state index in [0.29, 0.717) is 0 Å². The average molecular weight is 297 g/mol. The van der Waals surface area contributed by atoms with E-state index < -0.39 is 27.5 Å². The van der Waals surface area contributed by atoms with Crippen LogP contribution in [0.2, 0.25) is 0 Å². The van der Waals surface area contributed by atoms with Gasteiger partial charge in [-0.2, -0.15) is 0 Å². The van der Waals surface area contributed by atoms with Crippen LogP contribution in [0.3, 0.4) is 0 Å². The SMILES string of the molecule is Nc1cc(P(=O)(O)O)ccc1CC(O)P(=O)(O)O. The minimum Gasteiger partial charge on any atom is -0.398 e. The first-order chi connectivity index (χ1) is 8.01. The first-order valence-electron chi connectivity index (χ1n) is 4.69. The molecule has 0 aliphatic heterocycles. The van der Waals surface area contributed by atoms with E-state index in [1.54, 1.807) is 0 Å². The van der Waals surface area contributed by atoms with Crippen molar-refractivity contribution in [2.75, 3.05) is 5.73 Å². The van der Waals surface area contributed by atoms with Gasteiger partial charge in [0.2, 0.25) is 0 Å². The number of aliphatic hydroxyl groups excluding tert-OH is 1. The highest BCUT2D eigenvalue weighted by atomic mass is 31.2. The molecule has 10 heteroatoms. The number of benzene rings is 1. The second kappa shape index (κ2) is 5.11. The molecular weight excluding hydrogens is 284 g/mol. The number of rotatable bonds is 4. The molecule has 18 heavy (non-hydrogen) atoms. The minimum atomic E-state index is -4.64. The zero-order chi connectivity index (χ0) is 14.1. The monoisotopic (exact) mass is 297 g/mol. The van der Waals surface area contributed by atoms with Gasteiger partial charge in [0.15, 0.2) is 5.85 Å². The van der Waals surface area contributed by atoms with Crippen LogP contribution < -0.4 is 11.0 Å². The molecule has 0 bridgehead atoms. The number of hydrogen-bond donors (Lipinski definition) is 6. The fourth-order valence-corrected chi connectivity index (χ4v) is 2.28. The fraction of sp³-hybridized carbons (Fsp3) is 0.250. The van der Waals surface area contributed by atoms with Crippen molar-refractivity contribution >= 4 is 26.2 Å². The van der Waals surface area contributed by atoms with Crippen LogP contribution in [0.1, 0.15) is 5.56 Å². The zero-order valence-electron chi connectivity index (χ0n) is 9.04. The molecule has 7 N–H and O–H groups in total. The third kappa shape index (κ3) is 3.90. The molecular formula is C8H13NO7P2. The summed E-state index contributed by atoms with van der Waals surface area (Å²) in [7, 11) is -9.07. The van der Waals surface area contributed by atoms with Crippen LogP contribution in [0.4, 0.5) is 5.69 Å². The molecule has 1 aromatic carbocycles. The Kier molecular flexibility index (Phi) is 4.35. The molecule has 0 spiro atoms. The summed E-state index contributed by atoms with van der Waals surface area (Å²) >= 11 is 0. The van der Waals surface area contributed by atoms with Crippen LogP contribution in [-0.4, -0.2) is 30.5 Å². The van der Waals surface area contributed by atoms with Crippen LogP contribution in [0.5, 0.6) is 0 Å². The molecule has 0 saturated carbocycles. The van der Waals surface area contributed by atoms with E-state index in [9.17, 15) is 14.2 Å². The normalized spacial score (nSPS) is 14.5. The predicted molar refractivity (Wildman–Crippen MR) is 64.3 cm³/mol. The number of nitrogen functional groups attached to an aromatic ring is 1. The predicted octanol–water partition coefficient (Wildman–Crippen LogP) is -0.890. The average Bonchev–Trinajstić information content (AvgIpc) is 2.17. The highest BCUT2D eigenvalue weighted by molar-refractivity contribution is 7.60. The third-order valence-corrected chi connectivity index (χ3v) is 4.17. The van der Waals surface area contributed by atoms with Gasteiger partial charge in [0.05, 0.1) is 5.30 Å². The molecule has 1 atom stereocenters. The van der Waals surface area contributed by atoms with E-state index in [1.807, 2.05) is 0 Å². The van der Waals surface area contributed by atoms with Crippen molar-refractivity contribution in [2.45, 2.75) is 12.3 Å². The number of anilines is 1. The third-order valence-electron chi connectivity index (χ3n) is 2.26. The second-order valence-corrected chi connectivity index (χ2v) is 7.08. The van der Waals surface area contributed by atoms with Gasteiger partial charge in [0.25, 0.3) is 0 Å². The Morgan fingerprint density at radius 1 is 1.17 bits per heavy atom. The summed E-state index contributed by atoms with van der Waals surface area (Å²) in [5, 5.41) is 8.92. The molecule has 0 radical (unpaired) electrons. The van der Waals surface area contributed by atoms with Gasteiger partial charge in [-0.1, -0.05) is 6.07 Å². The Labute approximate surface area is 102 Å². The maximum absolute atomic E-state index is 10.9. The standard InChI is InChI=1S/C8H13NO7P2/c9-7-4-6(17(11,12)13)2-1-5(7)3-8(10)18(14,15)16/h1-2,4,8,10H,3,9H2,(H2,11,12,13)(H2,14,15,16). The summed E-state index contributed by atoms with van der Waals surface area (Å²) in [5.41, 5.74) is 5.65. The quantitative estimate of drug-likeness (QED) is 0.308. The lowest BCUT2D eigenvalue weighted by atomic mass is 10.1. The zero-order valence-corrected chi connectivity index (χ0v) is 10.8. The molecule has 0 saturated heterocycles. The maximum Gasteiger partial charge on any atom is 0.356 e. The molecule has 8 nitrogen and oxygen atoms in total. The van der Waals surface area contributed by atoms with E-state index in [1.165, 1.54) is 6.07 Å². The lowest BCUT2D eigenvalue weighted by Crippen LogP contribution is -2.14. The van der Waals surface area contributed by atoms with Gasteiger partial charge in [-0.05, 0) is 17.7 Å². The van der Waals surface area contributed by atoms with Gasteiger partial charge in [0, 0.05) is 12.1 Å². The lowest BCUT2D eigenvalue weighted by molar-refractivity contribution is 0.202. The Hall–Kier alpha value is -0.720. The van der Waals surface area contributed by atoms with E-state index in [4.69, 9.17) is 25.3 Å². The summed E-state index contributed by atoms with van der Waals surface area (Å²) in [6.07, 6.45) is -0.405. The van der Waals surface area contributed by atoms with Gasteiger partial charge in [-0.25, -0.2) is 0 Å². The summed E-state index contributed by atoms with van der Waals surface area (Å²) < 4.78 is 21.7. The Balaban J connectivity index is 3.01. The fourth-order valence-electron chi connectivity index (χ4n) is 1.27. The first-order valence-corrected chi connectivity index (χ1v) is 7.99. The lowest BCUT2D eigenvalue weighted by Gasteiger charge is -2.14. The maximum atomic E-state index is 10.9. The van der Waals surface area contributed by atoms with Gasteiger partial charge in [0.1, 0.15) is 0 Å². The minimum absolute atomic E-state index is 0.0525. The van der Waals surface area contributed by atoms with E-state index in [-0.39, 0.29) is 16.6 Å². The molecule has 0 heterocycles. The molecule has 1 unspecified atom stereocenters. The van der Waals surface area contributed by atoms with Crippen molar-refractivity contribution in [2.24, 2.45) is 0 Å². The van der Waals surface area contributed by atoms with Crippen molar-refractivity contribution in [3.63, 3.8) is 0 Å². The Bertz CT molecular complexity index is 534. The highest BCUT2D eigenvalue weighted by Crippen LogP contribution is 2.42. The first kappa shape index (κ1) is 15.3. The topological polar surface area (TPSA) is 161 Å². The van der Waals surface area contributed by atoms with Crippen LogP contribution in [0.25, 0.3) is 0 Å². The molecule has 0 fully saturated rings. The van der Waals surface area contributed by atoms with E-state index in [2.05, 4.69) is 0 Å². The summed E-state index contributed by atoms with van der Waals surface area (Å²) in [4.78, 5) is 35.2. The van der Waals surface area contributed by atoms with Crippen molar-refractivity contribution in [1.29, 1.82) is 0 Å². The molecule has 1 aromatic rings. The summed E-state index contributed by atoms with van der Waals surface area (Å²) in [6, 6.07) is 3.32. The smallest absolute Gasteiger partial charge is 0.356 e. The van der Waals surface area contributed by atoms with E-state index in [0.717, 1.165) is 12.1 Å². The van der Waals surface area contributed by atoms with Gasteiger partial charge >= 0.3 is 15.2 Å². The van der Waals surface area contributed by atoms with Gasteiger partial charge < -0.3 is 30.4 Å². The van der Waals surface area contributed by atoms with E-state index >= 15 is 0 Å². The molecule has 1 rings (SSSR count). The van der Waals surface area contributed by atoms with Gasteiger partial charge in [-0.3, -0.25) is 9.13 Å². The Morgan fingerprint density at radius 2 is 1.72 bits per heavy atom. The Morgan fingerprint density at radius 3 is 2.11 bits per heavy atom. The molecule has 0 aromatic heterocycles. The van der Waals surface area contributed by atoms with Crippen LogP contribution in [0, 0.1) is 0 Å². The van der Waals surface area contributed by atoms with Crippen LogP contribution in [-0.2, 0) is 15.6 Å². The second-order valence-electron chi connectivity index (χ2n) is 3.70. The molecule has 102 valence electrons. The summed E-state index contributed by atoms with van der Waals surface area (Å²) in [5.74, 6) is -1.90. The number of nitrogens with two attached hydrogens (primary N) is 1. The van der Waals surface area contributed by atoms with Crippen molar-refractivity contribution in [3.05, 3.63) is 23.8 Å². The number of aliphatic hydroxyl groups is 1. The molecule has 0 aliphatic rings. The number of hydrogen-bond acceptors (Lipinski definition) is 4. The highest BCUT2D eigenvalue weighted by Gasteiger charge is 2.27. The summed E-state index contributed by atoms with van der Waals surface area (Å²) in [6.45, 7) is 0. The van der Waals surface area contributed by atoms with Crippen molar-refractivity contribution in [1.82, 2.24) is 0 Å². The van der Waals surface area contributed by atoms with Crippen LogP contribution >= 0.6 is 15.2 Å². The largest absolute Gasteiger partial charge is 0.398 e. The van der Waals surface area contributed by atoms with Crippen molar-refractivity contribution < 1.29 is 33.8 Å². The van der Waals surface area contributed by atoms with Gasteiger partial charge in [-0.15, -0.1) is 0 Å².